The van der Waals surface area contributed by atoms with Gasteiger partial charge in [-0.1, -0.05) is 13.8 Å². The maximum absolute atomic E-state index is 11.7. The van der Waals surface area contributed by atoms with Gasteiger partial charge in [0.05, 0.1) is 6.04 Å². The minimum Gasteiger partial charge on any atom is -0.341 e. The van der Waals surface area contributed by atoms with Gasteiger partial charge in [-0.2, -0.15) is 0 Å². The fourth-order valence-electron chi connectivity index (χ4n) is 1.93. The third kappa shape index (κ3) is 2.98. The fourth-order valence-corrected chi connectivity index (χ4v) is 1.93. The van der Waals surface area contributed by atoms with Gasteiger partial charge in [-0.3, -0.25) is 4.79 Å². The van der Waals surface area contributed by atoms with Gasteiger partial charge >= 0.3 is 0 Å². The van der Waals surface area contributed by atoms with Crippen molar-refractivity contribution in [2.24, 2.45) is 11.1 Å². The smallest absolute Gasteiger partial charge is 0.239 e. The molecule has 1 saturated heterocycles. The molecule has 0 saturated carbocycles. The monoisotopic (exact) mass is 198 g/mol. The molecule has 1 heterocycles. The van der Waals surface area contributed by atoms with Crippen molar-refractivity contribution in [2.75, 3.05) is 13.1 Å². The van der Waals surface area contributed by atoms with E-state index in [1.165, 1.54) is 6.42 Å². The molecule has 0 spiro atoms. The third-order valence-electron chi connectivity index (χ3n) is 3.04. The highest BCUT2D eigenvalue weighted by Gasteiger charge is 2.26. The van der Waals surface area contributed by atoms with Crippen molar-refractivity contribution in [3.63, 3.8) is 0 Å². The van der Waals surface area contributed by atoms with Crippen molar-refractivity contribution in [3.8, 4) is 0 Å². The Hall–Kier alpha value is -0.570. The van der Waals surface area contributed by atoms with E-state index in [1.807, 2.05) is 4.90 Å². The molecule has 0 radical (unpaired) electrons. The highest BCUT2D eigenvalue weighted by molar-refractivity contribution is 5.81. The summed E-state index contributed by atoms with van der Waals surface area (Å²) in [7, 11) is 0. The molecular weight excluding hydrogens is 176 g/mol. The number of rotatable bonds is 1. The van der Waals surface area contributed by atoms with Gasteiger partial charge in [0.15, 0.2) is 0 Å². The fraction of sp³-hybridized carbons (Fsp3) is 0.909. The molecule has 0 aromatic heterocycles. The van der Waals surface area contributed by atoms with Crippen LogP contribution in [0.3, 0.4) is 0 Å². The molecule has 1 aliphatic rings. The second-order valence-corrected chi connectivity index (χ2v) is 5.13. The summed E-state index contributed by atoms with van der Waals surface area (Å²) in [6.07, 6.45) is 3.40. The first kappa shape index (κ1) is 11.5. The SMILES string of the molecule is C[C@@H](N)C(=O)N1CCCC(C)(C)CC1. The van der Waals surface area contributed by atoms with Crippen LogP contribution in [0.1, 0.15) is 40.0 Å². The first-order valence-corrected chi connectivity index (χ1v) is 5.47. The molecule has 1 rings (SSSR count). The molecular formula is C11H22N2O. The van der Waals surface area contributed by atoms with E-state index in [0.29, 0.717) is 5.41 Å². The second kappa shape index (κ2) is 4.30. The number of carbonyl (C=O) groups excluding carboxylic acids is 1. The topological polar surface area (TPSA) is 46.3 Å². The lowest BCUT2D eigenvalue weighted by Gasteiger charge is -2.24. The Labute approximate surface area is 86.6 Å². The van der Waals surface area contributed by atoms with Gasteiger partial charge in [0.1, 0.15) is 0 Å². The van der Waals surface area contributed by atoms with Gasteiger partial charge in [-0.25, -0.2) is 0 Å². The summed E-state index contributed by atoms with van der Waals surface area (Å²) in [6.45, 7) is 8.05. The summed E-state index contributed by atoms with van der Waals surface area (Å²) in [5.41, 5.74) is 5.98. The van der Waals surface area contributed by atoms with Crippen LogP contribution >= 0.6 is 0 Å². The van der Waals surface area contributed by atoms with E-state index in [4.69, 9.17) is 5.73 Å². The number of carbonyl (C=O) groups is 1. The van der Waals surface area contributed by atoms with E-state index in [2.05, 4.69) is 13.8 Å². The molecule has 1 fully saturated rings. The van der Waals surface area contributed by atoms with Crippen molar-refractivity contribution < 1.29 is 4.79 Å². The van der Waals surface area contributed by atoms with Gasteiger partial charge in [-0.05, 0) is 31.6 Å². The summed E-state index contributed by atoms with van der Waals surface area (Å²) in [5.74, 6) is 0.0997. The quantitative estimate of drug-likeness (QED) is 0.691. The Morgan fingerprint density at radius 3 is 2.57 bits per heavy atom. The number of nitrogens with two attached hydrogens (primary N) is 1. The first-order valence-electron chi connectivity index (χ1n) is 5.47. The maximum Gasteiger partial charge on any atom is 0.239 e. The highest BCUT2D eigenvalue weighted by Crippen LogP contribution is 2.29. The molecule has 0 aliphatic carbocycles. The normalized spacial score (nSPS) is 24.1. The molecule has 0 aromatic rings. The zero-order valence-corrected chi connectivity index (χ0v) is 9.55. The Morgan fingerprint density at radius 2 is 2.00 bits per heavy atom. The van der Waals surface area contributed by atoms with Gasteiger partial charge < -0.3 is 10.6 Å². The molecule has 14 heavy (non-hydrogen) atoms. The maximum atomic E-state index is 11.7. The molecule has 0 bridgehead atoms. The Bertz CT molecular complexity index is 211. The highest BCUT2D eigenvalue weighted by atomic mass is 16.2. The Kier molecular flexibility index (Phi) is 3.53. The molecule has 2 N–H and O–H groups in total. The van der Waals surface area contributed by atoms with Crippen molar-refractivity contribution in [3.05, 3.63) is 0 Å². The van der Waals surface area contributed by atoms with Crippen LogP contribution in [0.2, 0.25) is 0 Å². The zero-order chi connectivity index (χ0) is 10.8. The number of nitrogens with zero attached hydrogens (tertiary/aromatic N) is 1. The van der Waals surface area contributed by atoms with Crippen LogP contribution in [0.15, 0.2) is 0 Å². The number of hydrogen-bond donors (Lipinski definition) is 1. The standard InChI is InChI=1S/C11H22N2O/c1-9(12)10(14)13-7-4-5-11(2,3)6-8-13/h9H,4-8,12H2,1-3H3/t9-/m1/s1. The Morgan fingerprint density at radius 1 is 1.36 bits per heavy atom. The summed E-state index contributed by atoms with van der Waals surface area (Å²) >= 11 is 0. The molecule has 1 atom stereocenters. The van der Waals surface area contributed by atoms with Crippen molar-refractivity contribution in [2.45, 2.75) is 46.1 Å². The van der Waals surface area contributed by atoms with Crippen molar-refractivity contribution in [1.82, 2.24) is 4.90 Å². The zero-order valence-electron chi connectivity index (χ0n) is 9.55. The summed E-state index contributed by atoms with van der Waals surface area (Å²) in [6, 6.07) is -0.351. The van der Waals surface area contributed by atoms with Crippen molar-refractivity contribution >= 4 is 5.91 Å². The number of amides is 1. The molecule has 0 aromatic carbocycles. The van der Waals surface area contributed by atoms with Crippen LogP contribution in [0.5, 0.6) is 0 Å². The lowest BCUT2D eigenvalue weighted by Crippen LogP contribution is -2.42. The predicted octanol–water partition coefficient (Wildman–Crippen LogP) is 1.37. The second-order valence-electron chi connectivity index (χ2n) is 5.13. The lowest BCUT2D eigenvalue weighted by atomic mass is 9.85. The van der Waals surface area contributed by atoms with Gasteiger partial charge in [0.2, 0.25) is 5.91 Å². The number of likely N-dealkylation sites (tertiary alicyclic amines) is 1. The summed E-state index contributed by atoms with van der Waals surface area (Å²) < 4.78 is 0. The third-order valence-corrected chi connectivity index (χ3v) is 3.04. The predicted molar refractivity (Wildman–Crippen MR) is 57.9 cm³/mol. The van der Waals surface area contributed by atoms with Crippen LogP contribution in [0.4, 0.5) is 0 Å². The molecule has 3 heteroatoms. The number of hydrogen-bond acceptors (Lipinski definition) is 2. The van der Waals surface area contributed by atoms with Crippen LogP contribution in [0.25, 0.3) is 0 Å². The molecule has 0 unspecified atom stereocenters. The van der Waals surface area contributed by atoms with Crippen LogP contribution in [0, 0.1) is 5.41 Å². The largest absolute Gasteiger partial charge is 0.341 e. The van der Waals surface area contributed by atoms with E-state index < -0.39 is 0 Å². The lowest BCUT2D eigenvalue weighted by molar-refractivity contribution is -0.132. The van der Waals surface area contributed by atoms with Crippen LogP contribution in [-0.4, -0.2) is 29.9 Å². The molecule has 1 amide bonds. The molecule has 3 nitrogen and oxygen atoms in total. The van der Waals surface area contributed by atoms with E-state index in [-0.39, 0.29) is 11.9 Å². The van der Waals surface area contributed by atoms with E-state index >= 15 is 0 Å². The van der Waals surface area contributed by atoms with E-state index in [9.17, 15) is 4.79 Å². The Balaban J connectivity index is 2.54. The average Bonchev–Trinajstić information content (AvgIpc) is 2.25. The molecule has 1 aliphatic heterocycles. The van der Waals surface area contributed by atoms with Gasteiger partial charge in [0.25, 0.3) is 0 Å². The van der Waals surface area contributed by atoms with Crippen molar-refractivity contribution in [1.29, 1.82) is 0 Å². The van der Waals surface area contributed by atoms with Crippen LogP contribution in [-0.2, 0) is 4.79 Å². The summed E-state index contributed by atoms with van der Waals surface area (Å²) in [4.78, 5) is 13.6. The summed E-state index contributed by atoms with van der Waals surface area (Å²) in [5, 5.41) is 0. The van der Waals surface area contributed by atoms with Gasteiger partial charge in [0, 0.05) is 13.1 Å². The minimum absolute atomic E-state index is 0.0997. The molecule has 82 valence electrons. The van der Waals surface area contributed by atoms with Gasteiger partial charge in [-0.15, -0.1) is 0 Å². The average molecular weight is 198 g/mol. The first-order chi connectivity index (χ1) is 6.42. The van der Waals surface area contributed by atoms with Crippen LogP contribution < -0.4 is 5.73 Å². The van der Waals surface area contributed by atoms with E-state index in [0.717, 1.165) is 25.9 Å². The van der Waals surface area contributed by atoms with E-state index in [1.54, 1.807) is 6.92 Å². The minimum atomic E-state index is -0.351.